The maximum absolute atomic E-state index is 17.0. The Morgan fingerprint density at radius 1 is 1.07 bits per heavy atom. The molecule has 0 bridgehead atoms. The van der Waals surface area contributed by atoms with Crippen LogP contribution in [0.1, 0.15) is 67.9 Å². The summed E-state index contributed by atoms with van der Waals surface area (Å²) in [5, 5.41) is 13.6. The van der Waals surface area contributed by atoms with Crippen LogP contribution in [-0.4, -0.2) is 115 Å². The number of pyridine rings is 3. The van der Waals surface area contributed by atoms with Crippen LogP contribution in [0, 0.1) is 18.6 Å². The first kappa shape index (κ1) is 52.0. The van der Waals surface area contributed by atoms with Crippen molar-refractivity contribution >= 4 is 68.7 Å². The van der Waals surface area contributed by atoms with Gasteiger partial charge in [-0.05, 0) is 89.5 Å². The number of esters is 1. The highest BCUT2D eigenvalue weighted by atomic mass is 35.5. The van der Waals surface area contributed by atoms with Gasteiger partial charge in [0, 0.05) is 59.7 Å². The van der Waals surface area contributed by atoms with E-state index in [4.69, 9.17) is 31.5 Å². The predicted molar refractivity (Wildman–Crippen MR) is 270 cm³/mol. The summed E-state index contributed by atoms with van der Waals surface area (Å²) >= 11 is 6.68. The van der Waals surface area contributed by atoms with E-state index in [9.17, 15) is 37.5 Å². The van der Waals surface area contributed by atoms with E-state index < -0.39 is 80.9 Å². The SMILES string of the molecule is C=C(C(=O)N1CCN(c2nc(OC[C@@H]3CCCN3C)nc3c(F)c(-c4nc(N)cc(C)c4C(F)(F)F)c(Cl)cc23)[C@@H](C)C1)[C@@H](C)OC(=O)Nc1cc2cc3c(nc2cc1F)-c1cc2c(c(=O)n1C3)COC(=O)[C@]2(O)CC. The number of halogens is 6. The fourth-order valence-corrected chi connectivity index (χ4v) is 10.8. The lowest BCUT2D eigenvalue weighted by Crippen LogP contribution is -2.54. The van der Waals surface area contributed by atoms with Crippen LogP contribution in [0.2, 0.25) is 5.02 Å². The highest BCUT2D eigenvalue weighted by molar-refractivity contribution is 6.34. The van der Waals surface area contributed by atoms with Crippen LogP contribution < -0.4 is 26.2 Å². The second-order valence-corrected chi connectivity index (χ2v) is 20.0. The Balaban J connectivity index is 0.850. The number of anilines is 3. The standard InChI is InChI=1S/C52H50ClF5N10O8/c1-7-51(73)32-17-37-42-28(20-68(37)47(70)31(32)22-74-48(51)71)14-27-15-36(34(54)18-35(27)60-42)61-50(72)76-26(5)25(4)46(69)66-11-12-67(24(3)19-66)45-30-16-33(53)39(44-40(52(56,57)58)23(2)13-38(59)62-44)41(55)43(30)63-49(64-45)75-21-29-9-8-10-65(29)6/h13-18,24,26,29,73H,4,7-12,19-22H2,1-3,5-6H3,(H2,59,62)(H,61,72)/t24-,26+,29-,51-/m0/s1. The highest BCUT2D eigenvalue weighted by Gasteiger charge is 2.46. The van der Waals surface area contributed by atoms with E-state index in [1.165, 1.54) is 35.4 Å². The van der Waals surface area contributed by atoms with Crippen LogP contribution in [0.25, 0.3) is 44.5 Å². The smallest absolute Gasteiger partial charge is 0.418 e. The summed E-state index contributed by atoms with van der Waals surface area (Å²) < 4.78 is 94.4. The number of hydrogen-bond donors (Lipinski definition) is 3. The molecular formula is C52H50ClF5N10O8. The van der Waals surface area contributed by atoms with Crippen LogP contribution in [0.3, 0.4) is 0 Å². The predicted octanol–water partition coefficient (Wildman–Crippen LogP) is 7.63. The van der Waals surface area contributed by atoms with Crippen molar-refractivity contribution in [3.05, 3.63) is 103 Å². The van der Waals surface area contributed by atoms with E-state index in [2.05, 4.69) is 36.7 Å². The van der Waals surface area contributed by atoms with Crippen molar-refractivity contribution in [1.29, 1.82) is 0 Å². The first-order valence-corrected chi connectivity index (χ1v) is 24.7. The number of piperazine rings is 1. The quantitative estimate of drug-likeness (QED) is 0.0681. The Kier molecular flexibility index (Phi) is 13.2. The summed E-state index contributed by atoms with van der Waals surface area (Å²) in [6, 6.07) is 7.20. The van der Waals surface area contributed by atoms with Gasteiger partial charge in [-0.15, -0.1) is 0 Å². The topological polar surface area (TPSA) is 220 Å². The van der Waals surface area contributed by atoms with E-state index in [1.807, 2.05) is 7.05 Å². The first-order valence-electron chi connectivity index (χ1n) is 24.4. The number of carbonyl (C=O) groups excluding carboxylic acids is 3. The molecular weight excluding hydrogens is 1020 g/mol. The molecule has 4 aromatic heterocycles. The van der Waals surface area contributed by atoms with E-state index in [1.54, 1.807) is 30.9 Å². The van der Waals surface area contributed by atoms with Gasteiger partial charge in [-0.25, -0.2) is 28.3 Å². The van der Waals surface area contributed by atoms with Crippen LogP contribution in [0.15, 0.2) is 53.3 Å². The van der Waals surface area contributed by atoms with E-state index in [0.29, 0.717) is 22.3 Å². The van der Waals surface area contributed by atoms with Gasteiger partial charge in [0.15, 0.2) is 11.4 Å². The molecule has 2 saturated heterocycles. The molecule has 4 aliphatic heterocycles. The molecule has 4 aliphatic rings. The molecule has 24 heteroatoms. The van der Waals surface area contributed by atoms with E-state index in [0.717, 1.165) is 31.5 Å². The van der Waals surface area contributed by atoms with E-state index in [-0.39, 0.29) is 114 Å². The number of aliphatic hydroxyl groups is 1. The number of nitrogens with zero attached hydrogens (tertiary/aromatic N) is 8. The normalized spacial score (nSPS) is 19.8. The third-order valence-corrected chi connectivity index (χ3v) is 15.0. The van der Waals surface area contributed by atoms with Gasteiger partial charge in [0.25, 0.3) is 11.5 Å². The molecule has 0 saturated carbocycles. The van der Waals surface area contributed by atoms with Crippen molar-refractivity contribution in [1.82, 2.24) is 34.3 Å². The zero-order chi connectivity index (χ0) is 54.4. The van der Waals surface area contributed by atoms with Crippen molar-refractivity contribution in [3.63, 3.8) is 0 Å². The summed E-state index contributed by atoms with van der Waals surface area (Å²) in [6.45, 7) is 10.9. The minimum Gasteiger partial charge on any atom is -0.462 e. The number of carbonyl (C=O) groups is 3. The number of fused-ring (bicyclic) bond motifs is 6. The zero-order valence-corrected chi connectivity index (χ0v) is 42.5. The lowest BCUT2D eigenvalue weighted by molar-refractivity contribution is -0.172. The van der Waals surface area contributed by atoms with Gasteiger partial charge >= 0.3 is 24.2 Å². The van der Waals surface area contributed by atoms with Crippen LogP contribution in [0.5, 0.6) is 6.01 Å². The number of likely N-dealkylation sites (tertiary alicyclic amines) is 1. The number of nitrogen functional groups attached to an aromatic ring is 1. The number of amides is 2. The third kappa shape index (κ3) is 8.95. The third-order valence-electron chi connectivity index (χ3n) is 14.7. The minimum absolute atomic E-state index is 0.000202. The van der Waals surface area contributed by atoms with Gasteiger partial charge in [-0.1, -0.05) is 25.1 Å². The average Bonchev–Trinajstić information content (AvgIpc) is 4.08. The van der Waals surface area contributed by atoms with Crippen molar-refractivity contribution in [2.45, 2.75) is 90.1 Å². The molecule has 0 spiro atoms. The fourth-order valence-electron chi connectivity index (χ4n) is 10.6. The molecule has 8 heterocycles. The Bertz CT molecular complexity index is 3540. The Hall–Kier alpha value is -7.50. The molecule has 2 amide bonds. The molecule has 4 N–H and O–H groups in total. The number of aromatic nitrogens is 5. The van der Waals surface area contributed by atoms with Crippen molar-refractivity contribution < 1.29 is 55.7 Å². The van der Waals surface area contributed by atoms with Gasteiger partial charge < -0.3 is 44.3 Å². The number of nitrogens with one attached hydrogen (secondary N) is 1. The molecule has 0 unspecified atom stereocenters. The number of alkyl halides is 3. The average molecular weight is 1070 g/mol. The largest absolute Gasteiger partial charge is 0.462 e. The second-order valence-electron chi connectivity index (χ2n) is 19.6. The lowest BCUT2D eigenvalue weighted by atomic mass is 9.86. The number of aryl methyl sites for hydroxylation is 1. The van der Waals surface area contributed by atoms with Gasteiger partial charge in [-0.3, -0.25) is 14.9 Å². The second kappa shape index (κ2) is 19.3. The number of hydrogen-bond acceptors (Lipinski definition) is 15. The summed E-state index contributed by atoms with van der Waals surface area (Å²) in [5.41, 5.74) is 1.43. The van der Waals surface area contributed by atoms with Gasteiger partial charge in [0.05, 0.1) is 62.1 Å². The highest BCUT2D eigenvalue weighted by Crippen LogP contribution is 2.45. The van der Waals surface area contributed by atoms with Crippen molar-refractivity contribution in [2.24, 2.45) is 0 Å². The monoisotopic (exact) mass is 1070 g/mol. The summed E-state index contributed by atoms with van der Waals surface area (Å²) in [5.74, 6) is -3.64. The molecule has 10 rings (SSSR count). The molecule has 6 aromatic rings. The Morgan fingerprint density at radius 3 is 2.53 bits per heavy atom. The van der Waals surface area contributed by atoms with E-state index >= 15 is 8.78 Å². The first-order chi connectivity index (χ1) is 36.0. The Labute approximate surface area is 435 Å². The number of rotatable bonds is 10. The maximum atomic E-state index is 17.0. The summed E-state index contributed by atoms with van der Waals surface area (Å²) in [6.07, 6.45) is -5.55. The molecule has 2 aromatic carbocycles. The fraction of sp³-hybridized carbons (Fsp3) is 0.385. The Morgan fingerprint density at radius 2 is 1.83 bits per heavy atom. The van der Waals surface area contributed by atoms with Gasteiger partial charge in [0.2, 0.25) is 0 Å². The number of ether oxygens (including phenoxy) is 3. The molecule has 4 atom stereocenters. The van der Waals surface area contributed by atoms with Gasteiger partial charge in [-0.2, -0.15) is 23.1 Å². The van der Waals surface area contributed by atoms with Crippen LogP contribution >= 0.6 is 11.6 Å². The molecule has 76 heavy (non-hydrogen) atoms. The number of likely N-dealkylation sites (N-methyl/N-ethyl adjacent to an activating group) is 1. The van der Waals surface area contributed by atoms with Crippen molar-refractivity contribution in [3.8, 4) is 28.7 Å². The molecule has 0 aliphatic carbocycles. The van der Waals surface area contributed by atoms with Crippen molar-refractivity contribution in [2.75, 3.05) is 55.8 Å². The number of benzene rings is 2. The number of cyclic esters (lactones) is 1. The molecule has 0 radical (unpaired) electrons. The summed E-state index contributed by atoms with van der Waals surface area (Å²) in [7, 11) is 1.94. The number of nitrogens with two attached hydrogens (primary N) is 1. The summed E-state index contributed by atoms with van der Waals surface area (Å²) in [4.78, 5) is 76.4. The molecule has 398 valence electrons. The zero-order valence-electron chi connectivity index (χ0n) is 41.7. The minimum atomic E-state index is -4.95. The van der Waals surface area contributed by atoms with Crippen LogP contribution in [0.4, 0.5) is 44.1 Å². The lowest BCUT2D eigenvalue weighted by Gasteiger charge is -2.41. The maximum Gasteiger partial charge on any atom is 0.418 e. The van der Waals surface area contributed by atoms with Crippen LogP contribution in [-0.2, 0) is 44.0 Å². The van der Waals surface area contributed by atoms with Gasteiger partial charge in [0.1, 0.15) is 42.3 Å². The molecule has 18 nitrogen and oxygen atoms in total. The molecule has 2 fully saturated rings.